The number of hydrogen-bond donors (Lipinski definition) is 4. The van der Waals surface area contributed by atoms with Crippen molar-refractivity contribution in [1.29, 1.82) is 0 Å². The molecule has 8 nitrogen and oxygen atoms in total. The number of nitrogen functional groups attached to an aromatic ring is 1. The summed E-state index contributed by atoms with van der Waals surface area (Å²) in [6.45, 7) is 0. The molecule has 0 radical (unpaired) electrons. The number of nitrogens with two attached hydrogens (primary N) is 1. The molecule has 0 saturated carbocycles. The number of nitrogens with one attached hydrogen (secondary N) is 2. The molecule has 0 heterocycles. The number of carbonyl (C=O) groups excluding carboxylic acids is 2. The van der Waals surface area contributed by atoms with Crippen molar-refractivity contribution in [1.82, 2.24) is 0 Å². The quantitative estimate of drug-likeness (QED) is 0.127. The molecule has 0 unspecified atom stereocenters. The van der Waals surface area contributed by atoms with Gasteiger partial charge in [0.25, 0.3) is 0 Å². The number of carbonyl (C=O) groups is 2. The summed E-state index contributed by atoms with van der Waals surface area (Å²) >= 11 is 10.1. The molecule has 0 aromatic heterocycles. The van der Waals surface area contributed by atoms with Crippen molar-refractivity contribution < 1.29 is 24.2 Å². The van der Waals surface area contributed by atoms with Crippen molar-refractivity contribution in [3.8, 4) is 5.75 Å². The van der Waals surface area contributed by atoms with Crippen LogP contribution in [0.3, 0.4) is 0 Å². The zero-order valence-electron chi connectivity index (χ0n) is 20.3. The standard InChI is InChI=1S/C27H26Br3N3O5/c1-37-23(8-4-5-9-24(34)33-22-7-3-2-6-21(22)31)26(19-14-17(29)15-20(30)25(19)35)38-27(36)32-18-12-10-16(28)11-13-18/h2-3,5-7,9-15,23,26,35H,4,8,31H2,1H3,(H,32,36)(H,33,34)/b9-5+/t23-,26-/m0/s1. The molecular weight excluding hydrogens is 686 g/mol. The summed E-state index contributed by atoms with van der Waals surface area (Å²) in [5.74, 6) is -0.404. The van der Waals surface area contributed by atoms with E-state index >= 15 is 0 Å². The Morgan fingerprint density at radius 1 is 1.03 bits per heavy atom. The number of rotatable bonds is 10. The van der Waals surface area contributed by atoms with Crippen LogP contribution in [-0.4, -0.2) is 30.3 Å². The summed E-state index contributed by atoms with van der Waals surface area (Å²) in [4.78, 5) is 25.1. The van der Waals surface area contributed by atoms with Crippen LogP contribution in [0.2, 0.25) is 0 Å². The van der Waals surface area contributed by atoms with E-state index in [9.17, 15) is 14.7 Å². The van der Waals surface area contributed by atoms with Gasteiger partial charge in [-0.1, -0.05) is 50.1 Å². The summed E-state index contributed by atoms with van der Waals surface area (Å²) in [7, 11) is 1.49. The molecule has 0 aliphatic rings. The van der Waals surface area contributed by atoms with Crippen LogP contribution in [0.4, 0.5) is 21.9 Å². The number of anilines is 3. The Labute approximate surface area is 246 Å². The Bertz CT molecular complexity index is 1300. The number of para-hydroxylation sites is 2. The summed E-state index contributed by atoms with van der Waals surface area (Å²) < 4.78 is 13.4. The Morgan fingerprint density at radius 3 is 2.42 bits per heavy atom. The van der Waals surface area contributed by atoms with Gasteiger partial charge in [-0.25, -0.2) is 4.79 Å². The highest BCUT2D eigenvalue weighted by Gasteiger charge is 2.30. The van der Waals surface area contributed by atoms with Gasteiger partial charge in [0.05, 0.1) is 22.0 Å². The van der Waals surface area contributed by atoms with Gasteiger partial charge in [0.2, 0.25) is 5.91 Å². The third kappa shape index (κ3) is 8.59. The molecule has 0 aliphatic carbocycles. The highest BCUT2D eigenvalue weighted by Crippen LogP contribution is 2.39. The largest absolute Gasteiger partial charge is 0.506 e. The van der Waals surface area contributed by atoms with Crippen molar-refractivity contribution in [2.45, 2.75) is 25.0 Å². The number of methoxy groups -OCH3 is 1. The minimum atomic E-state index is -0.962. The van der Waals surface area contributed by atoms with Crippen molar-refractivity contribution in [2.75, 3.05) is 23.5 Å². The number of halogens is 3. The van der Waals surface area contributed by atoms with E-state index in [-0.39, 0.29) is 11.7 Å². The lowest BCUT2D eigenvalue weighted by molar-refractivity contribution is -0.111. The normalized spacial score (nSPS) is 12.6. The van der Waals surface area contributed by atoms with E-state index in [1.807, 2.05) is 0 Å². The molecule has 200 valence electrons. The smallest absolute Gasteiger partial charge is 0.412 e. The average Bonchev–Trinajstić information content (AvgIpc) is 2.88. The average molecular weight is 712 g/mol. The predicted molar refractivity (Wildman–Crippen MR) is 159 cm³/mol. The first-order valence-electron chi connectivity index (χ1n) is 11.4. The summed E-state index contributed by atoms with van der Waals surface area (Å²) in [5, 5.41) is 16.2. The van der Waals surface area contributed by atoms with E-state index in [1.165, 1.54) is 13.2 Å². The van der Waals surface area contributed by atoms with Gasteiger partial charge in [0.1, 0.15) is 5.75 Å². The minimum absolute atomic E-state index is 0.0768. The number of benzene rings is 3. The second-order valence-corrected chi connectivity index (χ2v) is 10.8. The Kier molecular flexibility index (Phi) is 11.2. The van der Waals surface area contributed by atoms with Crippen LogP contribution in [0.1, 0.15) is 24.5 Å². The van der Waals surface area contributed by atoms with Gasteiger partial charge in [-0.15, -0.1) is 0 Å². The Hall–Kier alpha value is -2.86. The number of ether oxygens (including phenoxy) is 2. The predicted octanol–water partition coefficient (Wildman–Crippen LogP) is 7.54. The molecule has 2 atom stereocenters. The van der Waals surface area contributed by atoms with Gasteiger partial charge in [0.15, 0.2) is 6.10 Å². The molecule has 3 rings (SSSR count). The number of phenols is 1. The van der Waals surface area contributed by atoms with Gasteiger partial charge < -0.3 is 25.6 Å². The topological polar surface area (TPSA) is 123 Å². The summed E-state index contributed by atoms with van der Waals surface area (Å²) in [6.07, 6.45) is 1.59. The lowest BCUT2D eigenvalue weighted by Crippen LogP contribution is -2.28. The molecule has 38 heavy (non-hydrogen) atoms. The Morgan fingerprint density at radius 2 is 1.74 bits per heavy atom. The highest BCUT2D eigenvalue weighted by atomic mass is 79.9. The first kappa shape index (κ1) is 29.7. The first-order chi connectivity index (χ1) is 18.2. The van der Waals surface area contributed by atoms with Crippen LogP contribution in [0.15, 0.2) is 86.2 Å². The second kappa shape index (κ2) is 14.3. The van der Waals surface area contributed by atoms with E-state index in [4.69, 9.17) is 15.2 Å². The maximum Gasteiger partial charge on any atom is 0.412 e. The second-order valence-electron chi connectivity index (χ2n) is 8.11. The van der Waals surface area contributed by atoms with Gasteiger partial charge in [-0.2, -0.15) is 0 Å². The number of aromatic hydroxyl groups is 1. The fraction of sp³-hybridized carbons (Fsp3) is 0.185. The first-order valence-corrected chi connectivity index (χ1v) is 13.8. The van der Waals surface area contributed by atoms with Crippen molar-refractivity contribution in [3.63, 3.8) is 0 Å². The fourth-order valence-electron chi connectivity index (χ4n) is 3.57. The molecule has 0 aliphatic heterocycles. The van der Waals surface area contributed by atoms with Gasteiger partial charge >= 0.3 is 6.09 Å². The maximum absolute atomic E-state index is 12.8. The molecule has 0 bridgehead atoms. The molecule has 0 spiro atoms. The van der Waals surface area contributed by atoms with Crippen LogP contribution >= 0.6 is 47.8 Å². The van der Waals surface area contributed by atoms with E-state index in [0.717, 1.165) is 4.47 Å². The molecule has 0 saturated heterocycles. The Balaban J connectivity index is 1.73. The zero-order chi connectivity index (χ0) is 27.7. The number of allylic oxidation sites excluding steroid dienone is 1. The SMILES string of the molecule is CO[C@@H](CC/C=C/C(=O)Nc1ccccc1N)[C@@H](OC(=O)Nc1ccc(Br)cc1)c1cc(Br)cc(Br)c1O. The number of hydrogen-bond acceptors (Lipinski definition) is 6. The third-order valence-corrected chi connectivity index (χ3v) is 7.03. The lowest BCUT2D eigenvalue weighted by atomic mass is 9.99. The molecular formula is C27H26Br3N3O5. The highest BCUT2D eigenvalue weighted by molar-refractivity contribution is 9.11. The van der Waals surface area contributed by atoms with Crippen molar-refractivity contribution in [3.05, 3.63) is 91.8 Å². The molecule has 3 aromatic carbocycles. The molecule has 11 heteroatoms. The third-order valence-electron chi connectivity index (χ3n) is 5.43. The monoisotopic (exact) mass is 709 g/mol. The van der Waals surface area contributed by atoms with Crippen molar-refractivity contribution >= 4 is 76.9 Å². The molecule has 3 aromatic rings. The van der Waals surface area contributed by atoms with Gasteiger partial charge in [-0.3, -0.25) is 10.1 Å². The van der Waals surface area contributed by atoms with Crippen LogP contribution in [0, 0.1) is 0 Å². The maximum atomic E-state index is 12.8. The minimum Gasteiger partial charge on any atom is -0.506 e. The van der Waals surface area contributed by atoms with Crippen molar-refractivity contribution in [2.24, 2.45) is 0 Å². The summed E-state index contributed by atoms with van der Waals surface area (Å²) in [5.41, 5.74) is 7.75. The van der Waals surface area contributed by atoms with E-state index in [1.54, 1.807) is 66.7 Å². The van der Waals surface area contributed by atoms with Gasteiger partial charge in [0, 0.05) is 27.3 Å². The summed E-state index contributed by atoms with van der Waals surface area (Å²) in [6, 6.07) is 17.3. The van der Waals surface area contributed by atoms with Gasteiger partial charge in [-0.05, 0) is 83.4 Å². The van der Waals surface area contributed by atoms with Crippen LogP contribution in [0.5, 0.6) is 5.75 Å². The fourth-order valence-corrected chi connectivity index (χ4v) is 5.09. The van der Waals surface area contributed by atoms with Crippen LogP contribution in [0.25, 0.3) is 0 Å². The number of phenolic OH excluding ortho intramolecular Hbond substituents is 1. The molecule has 5 N–H and O–H groups in total. The zero-order valence-corrected chi connectivity index (χ0v) is 25.0. The van der Waals surface area contributed by atoms with E-state index in [0.29, 0.717) is 44.4 Å². The van der Waals surface area contributed by atoms with E-state index < -0.39 is 18.3 Å². The lowest BCUT2D eigenvalue weighted by Gasteiger charge is -2.27. The van der Waals surface area contributed by atoms with Crippen LogP contribution < -0.4 is 16.4 Å². The number of amides is 2. The molecule has 0 fully saturated rings. The van der Waals surface area contributed by atoms with E-state index in [2.05, 4.69) is 58.4 Å². The van der Waals surface area contributed by atoms with Crippen LogP contribution in [-0.2, 0) is 14.3 Å². The molecule has 2 amide bonds.